The van der Waals surface area contributed by atoms with E-state index in [0.717, 1.165) is 51.4 Å². The number of unbranched alkanes of at least 4 members (excludes halogenated alkanes) is 46. The van der Waals surface area contributed by atoms with Gasteiger partial charge >= 0.3 is 5.97 Å². The van der Waals surface area contributed by atoms with Crippen LogP contribution in [-0.4, -0.2) is 47.4 Å². The maximum atomic E-state index is 12.5. The molecule has 0 aliphatic heterocycles. The second kappa shape index (κ2) is 62.6. The van der Waals surface area contributed by atoms with Crippen LogP contribution in [0.2, 0.25) is 0 Å². The molecule has 0 bridgehead atoms. The fourth-order valence-electron chi connectivity index (χ4n) is 10.1. The third-order valence-electron chi connectivity index (χ3n) is 15.2. The van der Waals surface area contributed by atoms with Crippen LogP contribution in [0.1, 0.15) is 354 Å². The largest absolute Gasteiger partial charge is 0.466 e. The number of allylic oxidation sites excluding steroid dienone is 5. The van der Waals surface area contributed by atoms with Gasteiger partial charge in [-0.05, 0) is 64.2 Å². The van der Waals surface area contributed by atoms with Crippen LogP contribution in [0.4, 0.5) is 0 Å². The van der Waals surface area contributed by atoms with E-state index in [2.05, 4.69) is 43.5 Å². The van der Waals surface area contributed by atoms with Gasteiger partial charge in [0.15, 0.2) is 0 Å². The van der Waals surface area contributed by atoms with Crippen molar-refractivity contribution in [2.75, 3.05) is 13.2 Å². The SMILES string of the molecule is CCCCCC/C=C\C/C=C\CCCCCCCC(=O)OCCCCCCCCCCCCCCCCCCCCC(=O)NC(CO)C(O)/C=C/CCCCCCCCCCCCCCCCCCCCCC. The van der Waals surface area contributed by atoms with Gasteiger partial charge < -0.3 is 20.3 Å². The molecule has 0 spiro atoms. The number of hydrogen-bond donors (Lipinski definition) is 3. The minimum atomic E-state index is -0.849. The summed E-state index contributed by atoms with van der Waals surface area (Å²) in [5.41, 5.74) is 0. The van der Waals surface area contributed by atoms with Gasteiger partial charge in [0.25, 0.3) is 0 Å². The number of ether oxygens (including phenoxy) is 1. The quantitative estimate of drug-likeness (QED) is 0.0320. The van der Waals surface area contributed by atoms with Crippen LogP contribution in [0.5, 0.6) is 0 Å². The average Bonchev–Trinajstić information content (AvgIpc) is 3.39. The van der Waals surface area contributed by atoms with Crippen LogP contribution in [0.25, 0.3) is 0 Å². The number of nitrogens with one attached hydrogen (secondary N) is 1. The van der Waals surface area contributed by atoms with Gasteiger partial charge in [-0.2, -0.15) is 0 Å². The summed E-state index contributed by atoms with van der Waals surface area (Å²) in [4.78, 5) is 24.6. The highest BCUT2D eigenvalue weighted by molar-refractivity contribution is 5.76. The first-order chi connectivity index (χ1) is 36.0. The molecule has 0 saturated carbocycles. The van der Waals surface area contributed by atoms with E-state index in [1.54, 1.807) is 6.08 Å². The third kappa shape index (κ3) is 59.2. The summed E-state index contributed by atoms with van der Waals surface area (Å²) in [7, 11) is 0. The normalized spacial score (nSPS) is 12.8. The number of hydrogen-bond acceptors (Lipinski definition) is 5. The highest BCUT2D eigenvalue weighted by atomic mass is 16.5. The molecule has 0 aromatic carbocycles. The number of rotatable bonds is 61. The minimum Gasteiger partial charge on any atom is -0.466 e. The van der Waals surface area contributed by atoms with E-state index in [9.17, 15) is 19.8 Å². The highest BCUT2D eigenvalue weighted by Crippen LogP contribution is 2.18. The van der Waals surface area contributed by atoms with Gasteiger partial charge in [-0.3, -0.25) is 9.59 Å². The van der Waals surface area contributed by atoms with Crippen molar-refractivity contribution in [1.82, 2.24) is 5.32 Å². The van der Waals surface area contributed by atoms with Crippen LogP contribution in [0, 0.1) is 0 Å². The molecule has 2 atom stereocenters. The van der Waals surface area contributed by atoms with Crippen molar-refractivity contribution in [3.8, 4) is 0 Å². The summed E-state index contributed by atoms with van der Waals surface area (Å²) < 4.78 is 5.48. The van der Waals surface area contributed by atoms with Crippen molar-refractivity contribution in [2.24, 2.45) is 0 Å². The molecule has 0 rings (SSSR count). The summed E-state index contributed by atoms with van der Waals surface area (Å²) in [5, 5.41) is 23.2. The van der Waals surface area contributed by atoms with E-state index in [4.69, 9.17) is 4.74 Å². The molecule has 73 heavy (non-hydrogen) atoms. The summed E-state index contributed by atoms with van der Waals surface area (Å²) in [6.07, 6.45) is 79.0. The van der Waals surface area contributed by atoms with Crippen molar-refractivity contribution >= 4 is 11.9 Å². The van der Waals surface area contributed by atoms with Gasteiger partial charge in [-0.1, -0.05) is 314 Å². The lowest BCUT2D eigenvalue weighted by atomic mass is 10.0. The molecule has 6 heteroatoms. The smallest absolute Gasteiger partial charge is 0.305 e. The number of carbonyl (C=O) groups is 2. The van der Waals surface area contributed by atoms with E-state index in [-0.39, 0.29) is 18.5 Å². The molecule has 0 aliphatic rings. The molecule has 0 aliphatic carbocycles. The average molecular weight is 1030 g/mol. The maximum Gasteiger partial charge on any atom is 0.305 e. The first-order valence-electron chi connectivity index (χ1n) is 32.8. The Morgan fingerprint density at radius 2 is 0.685 bits per heavy atom. The second-order valence-electron chi connectivity index (χ2n) is 22.5. The number of aliphatic hydroxyl groups is 2. The maximum absolute atomic E-state index is 12.5. The Hall–Kier alpha value is -1.92. The highest BCUT2D eigenvalue weighted by Gasteiger charge is 2.18. The Balaban J connectivity index is 3.44. The molecule has 0 aromatic heterocycles. The van der Waals surface area contributed by atoms with Crippen molar-refractivity contribution in [3.05, 3.63) is 36.5 Å². The minimum absolute atomic E-state index is 0.00649. The molecule has 430 valence electrons. The van der Waals surface area contributed by atoms with Crippen molar-refractivity contribution in [3.63, 3.8) is 0 Å². The lowest BCUT2D eigenvalue weighted by molar-refractivity contribution is -0.143. The van der Waals surface area contributed by atoms with E-state index >= 15 is 0 Å². The molecule has 1 amide bonds. The van der Waals surface area contributed by atoms with E-state index in [1.807, 2.05) is 6.08 Å². The third-order valence-corrected chi connectivity index (χ3v) is 15.2. The van der Waals surface area contributed by atoms with Gasteiger partial charge in [0.05, 0.1) is 25.4 Å². The van der Waals surface area contributed by atoms with Gasteiger partial charge in [0.1, 0.15) is 0 Å². The molecule has 0 aromatic rings. The summed E-state index contributed by atoms with van der Waals surface area (Å²) in [6, 6.07) is -0.633. The standard InChI is InChI=1S/C67H127NO5/c1-3-5-7-9-11-13-15-17-19-21-22-23-24-25-28-31-35-39-43-47-51-55-59-65(70)64(63-69)68-66(71)60-56-52-48-44-40-36-32-29-26-27-30-34-38-42-46-50-54-58-62-73-67(72)61-57-53-49-45-41-37-33-20-18-16-14-12-10-8-6-4-2/h14,16,20,33,55,59,64-65,69-70H,3-13,15,17-19,21-32,34-54,56-58,60-63H2,1-2H3,(H,68,71)/b16-14-,33-20-,59-55+. The molecular formula is C67H127NO5. The number of carbonyl (C=O) groups excluding carboxylic acids is 2. The van der Waals surface area contributed by atoms with Gasteiger partial charge in [-0.15, -0.1) is 0 Å². The van der Waals surface area contributed by atoms with Crippen molar-refractivity contribution in [2.45, 2.75) is 366 Å². The zero-order valence-corrected chi connectivity index (χ0v) is 49.1. The lowest BCUT2D eigenvalue weighted by Crippen LogP contribution is -2.45. The summed E-state index contributed by atoms with van der Waals surface area (Å²) in [5.74, 6) is -0.0757. The Morgan fingerprint density at radius 1 is 0.384 bits per heavy atom. The zero-order valence-electron chi connectivity index (χ0n) is 49.1. The number of esters is 1. The van der Waals surface area contributed by atoms with E-state index < -0.39 is 12.1 Å². The number of amides is 1. The molecule has 6 nitrogen and oxygen atoms in total. The van der Waals surface area contributed by atoms with Crippen LogP contribution < -0.4 is 5.32 Å². The zero-order chi connectivity index (χ0) is 52.9. The number of aliphatic hydroxyl groups excluding tert-OH is 2. The topological polar surface area (TPSA) is 95.9 Å². The predicted octanol–water partition coefficient (Wildman–Crippen LogP) is 20.8. The fraction of sp³-hybridized carbons (Fsp3) is 0.881. The molecular weight excluding hydrogens is 899 g/mol. The van der Waals surface area contributed by atoms with Crippen molar-refractivity contribution < 1.29 is 24.5 Å². The van der Waals surface area contributed by atoms with Gasteiger partial charge in [-0.25, -0.2) is 0 Å². The molecule has 0 fully saturated rings. The van der Waals surface area contributed by atoms with E-state index in [0.29, 0.717) is 19.4 Å². The van der Waals surface area contributed by atoms with Crippen LogP contribution in [0.15, 0.2) is 36.5 Å². The first-order valence-corrected chi connectivity index (χ1v) is 32.8. The monoisotopic (exact) mass is 1030 g/mol. The lowest BCUT2D eigenvalue weighted by Gasteiger charge is -2.20. The Morgan fingerprint density at radius 3 is 1.05 bits per heavy atom. The van der Waals surface area contributed by atoms with Gasteiger partial charge in [0.2, 0.25) is 5.91 Å². The van der Waals surface area contributed by atoms with Crippen LogP contribution >= 0.6 is 0 Å². The molecule has 0 heterocycles. The Labute approximate surface area is 455 Å². The summed E-state index contributed by atoms with van der Waals surface area (Å²) in [6.45, 7) is 4.90. The van der Waals surface area contributed by atoms with Crippen LogP contribution in [0.3, 0.4) is 0 Å². The van der Waals surface area contributed by atoms with Crippen LogP contribution in [-0.2, 0) is 14.3 Å². The molecule has 3 N–H and O–H groups in total. The Bertz CT molecular complexity index is 1180. The Kier molecular flexibility index (Phi) is 61.0. The molecule has 0 radical (unpaired) electrons. The van der Waals surface area contributed by atoms with Crippen molar-refractivity contribution in [1.29, 1.82) is 0 Å². The van der Waals surface area contributed by atoms with Gasteiger partial charge in [0, 0.05) is 12.8 Å². The van der Waals surface area contributed by atoms with E-state index in [1.165, 1.54) is 276 Å². The fourth-order valence-corrected chi connectivity index (χ4v) is 10.1. The molecule has 0 saturated heterocycles. The molecule has 2 unspecified atom stereocenters. The first kappa shape index (κ1) is 71.1. The second-order valence-corrected chi connectivity index (χ2v) is 22.5. The summed E-state index contributed by atoms with van der Waals surface area (Å²) >= 11 is 0. The predicted molar refractivity (Wildman–Crippen MR) is 319 cm³/mol.